The van der Waals surface area contributed by atoms with E-state index in [1.54, 1.807) is 0 Å². The van der Waals surface area contributed by atoms with Gasteiger partial charge in [-0.1, -0.05) is 6.07 Å². The molecule has 0 aromatic heterocycles. The van der Waals surface area contributed by atoms with Crippen molar-refractivity contribution in [3.05, 3.63) is 83.1 Å². The van der Waals surface area contributed by atoms with Gasteiger partial charge >= 0.3 is 17.9 Å². The number of benzene rings is 3. The number of hydrogen-bond acceptors (Lipinski definition) is 19. The number of ether oxygens (including phenoxy) is 7. The highest BCUT2D eigenvalue weighted by molar-refractivity contribution is 5.90. The maximum Gasteiger partial charge on any atom is 0.330 e. The molecule has 3 aliphatic heterocycles. The van der Waals surface area contributed by atoms with Crippen LogP contribution in [0.1, 0.15) is 29.2 Å². The standard InChI is InChI=1S/C39H40O21/c40-18-5-3-17(4-6-18)37-25(58-39-36(53)34(51)32(49)27(60-39)15-55-30(47)13-28(44)45)12-20-22(42)10-19(11-24(20)57-37)56-38-35(52)33(50)31(48)26(59-38)14-54-29(46)8-2-16-1-7-21(41)23(43)9-16/h1-12,26-27,31-43,48-53H,13-15H2,(H,44,45)/p+1/b8-2+/t26-,27+,31-,32-,33+,34+,35+,36-,37?,38-,39-/m1/s1. The maximum absolute atomic E-state index is 12.4. The van der Waals surface area contributed by atoms with Crippen LogP contribution in [0.2, 0.25) is 0 Å². The Hall–Kier alpha value is -6.17. The van der Waals surface area contributed by atoms with E-state index in [9.17, 15) is 65.4 Å². The Labute approximate surface area is 338 Å². The van der Waals surface area contributed by atoms with Crippen molar-refractivity contribution in [3.8, 4) is 34.5 Å². The monoisotopic (exact) mass is 845 g/mol. The van der Waals surface area contributed by atoms with Crippen LogP contribution in [-0.2, 0) is 38.1 Å². The van der Waals surface area contributed by atoms with Gasteiger partial charge in [0.15, 0.2) is 17.3 Å². The summed E-state index contributed by atoms with van der Waals surface area (Å²) in [6, 6.07) is 11.9. The second kappa shape index (κ2) is 18.4. The number of carbonyl (C=O) groups is 3. The van der Waals surface area contributed by atoms with Crippen LogP contribution in [0.15, 0.2) is 66.4 Å². The highest BCUT2D eigenvalue weighted by Crippen LogP contribution is 2.46. The Balaban J connectivity index is 1.19. The second-order valence-corrected chi connectivity index (χ2v) is 13.8. The van der Waals surface area contributed by atoms with Gasteiger partial charge in [-0.3, -0.25) is 9.59 Å². The van der Waals surface area contributed by atoms with Gasteiger partial charge in [0.1, 0.15) is 91.3 Å². The number of esters is 2. The fraction of sp³-hybridized carbons (Fsp3) is 0.359. The number of rotatable bonds is 13. The molecule has 0 bridgehead atoms. The third-order valence-electron chi connectivity index (χ3n) is 9.49. The first-order chi connectivity index (χ1) is 28.5. The summed E-state index contributed by atoms with van der Waals surface area (Å²) >= 11 is 0. The van der Waals surface area contributed by atoms with Gasteiger partial charge in [0.05, 0.1) is 11.6 Å². The number of phenolic OH excluding ortho intramolecular Hbond substituents is 4. The summed E-state index contributed by atoms with van der Waals surface area (Å²) in [5.41, 5.74) is 0.761. The van der Waals surface area contributed by atoms with Gasteiger partial charge in [0.2, 0.25) is 12.6 Å². The topological polar surface area (TPSA) is 342 Å². The van der Waals surface area contributed by atoms with E-state index in [-0.39, 0.29) is 34.3 Å². The fourth-order valence-corrected chi connectivity index (χ4v) is 6.28. The Morgan fingerprint density at radius 1 is 0.683 bits per heavy atom. The molecule has 3 heterocycles. The number of phenols is 4. The smallest absolute Gasteiger partial charge is 0.330 e. The van der Waals surface area contributed by atoms with Crippen LogP contribution in [0, 0.1) is 0 Å². The van der Waals surface area contributed by atoms with Gasteiger partial charge in [-0.05, 0) is 48.0 Å². The molecule has 3 aromatic carbocycles. The second-order valence-electron chi connectivity index (χ2n) is 13.8. The highest BCUT2D eigenvalue weighted by atomic mass is 16.7. The number of carboxylic acids is 1. The lowest BCUT2D eigenvalue weighted by Crippen LogP contribution is -2.60. The summed E-state index contributed by atoms with van der Waals surface area (Å²) in [6.45, 7) is -1.34. The summed E-state index contributed by atoms with van der Waals surface area (Å²) < 4.78 is 37.7. The lowest BCUT2D eigenvalue weighted by atomic mass is 9.98. The predicted molar refractivity (Wildman–Crippen MR) is 197 cm³/mol. The zero-order chi connectivity index (χ0) is 43.4. The first-order valence-electron chi connectivity index (χ1n) is 18.0. The molecule has 2 fully saturated rings. The van der Waals surface area contributed by atoms with Crippen LogP contribution < -0.4 is 4.74 Å². The lowest BCUT2D eigenvalue weighted by Gasteiger charge is -2.40. The molecule has 0 saturated carbocycles. The van der Waals surface area contributed by atoms with Crippen LogP contribution in [0.25, 0.3) is 12.2 Å². The van der Waals surface area contributed by atoms with Gasteiger partial charge in [-0.2, -0.15) is 0 Å². The third-order valence-corrected chi connectivity index (χ3v) is 9.49. The van der Waals surface area contributed by atoms with Gasteiger partial charge < -0.3 is 89.3 Å². The van der Waals surface area contributed by atoms with Crippen molar-refractivity contribution in [1.82, 2.24) is 0 Å². The van der Waals surface area contributed by atoms with E-state index < -0.39 is 117 Å². The molecule has 60 heavy (non-hydrogen) atoms. The number of fused-ring (bicyclic) bond motifs is 1. The number of aliphatic hydroxyl groups is 7. The molecule has 3 aliphatic rings. The molecule has 322 valence electrons. The molecule has 2 saturated heterocycles. The van der Waals surface area contributed by atoms with Crippen LogP contribution in [0.4, 0.5) is 0 Å². The average Bonchev–Trinajstić information content (AvgIpc) is 3.20. The van der Waals surface area contributed by atoms with E-state index in [0.717, 1.165) is 12.1 Å². The number of carbonyl (C=O) groups excluding carboxylic acids is 2. The molecule has 0 radical (unpaired) electrons. The summed E-state index contributed by atoms with van der Waals surface area (Å²) in [5.74, 6) is -5.10. The molecule has 3 aromatic rings. The van der Waals surface area contributed by atoms with Crippen LogP contribution in [0.5, 0.6) is 34.5 Å². The fourth-order valence-electron chi connectivity index (χ4n) is 6.28. The first kappa shape index (κ1) is 43.4. The molecule has 6 rings (SSSR count). The van der Waals surface area contributed by atoms with Crippen molar-refractivity contribution < 1.29 is 104 Å². The van der Waals surface area contributed by atoms with Crippen molar-refractivity contribution in [2.45, 2.75) is 73.9 Å². The van der Waals surface area contributed by atoms with Crippen LogP contribution in [-0.4, -0.2) is 153 Å². The van der Waals surface area contributed by atoms with Crippen molar-refractivity contribution in [1.29, 1.82) is 0 Å². The van der Waals surface area contributed by atoms with E-state index in [1.165, 1.54) is 60.7 Å². The van der Waals surface area contributed by atoms with Crippen LogP contribution >= 0.6 is 0 Å². The molecule has 11 atom stereocenters. The van der Waals surface area contributed by atoms with Crippen molar-refractivity contribution in [2.24, 2.45) is 0 Å². The predicted octanol–water partition coefficient (Wildman–Crippen LogP) is -0.869. The largest absolute Gasteiger partial charge is 0.571 e. The SMILES string of the molecule is O=C(O)CC(=O)OC[C@@H]1O[C@@H](OC2=Cc3c(O)cc(O[C@@H]4O[C@H](COC(=O)/C=C/c5ccc(O)c(O)c5)[C@@H](O)[C@H](O)[C@@H]4O)cc3[OH+]C2c2ccc(O)cc2)[C@H](O)[C@@H](O)[C@@H]1O. The first-order valence-corrected chi connectivity index (χ1v) is 18.0. The molecule has 21 heteroatoms. The van der Waals surface area contributed by atoms with E-state index in [2.05, 4.69) is 4.74 Å². The normalized spacial score (nSPS) is 28.8. The van der Waals surface area contributed by atoms with Gasteiger partial charge in [-0.25, -0.2) is 4.79 Å². The van der Waals surface area contributed by atoms with Crippen molar-refractivity contribution in [3.63, 3.8) is 0 Å². The zero-order valence-corrected chi connectivity index (χ0v) is 30.9. The molecule has 0 aliphatic carbocycles. The minimum atomic E-state index is -1.89. The lowest BCUT2D eigenvalue weighted by molar-refractivity contribution is -0.296. The summed E-state index contributed by atoms with van der Waals surface area (Å²) in [5, 5.41) is 113. The molecule has 0 spiro atoms. The average molecular weight is 846 g/mol. The van der Waals surface area contributed by atoms with Crippen LogP contribution in [0.3, 0.4) is 0 Å². The Bertz CT molecular complexity index is 2100. The minimum absolute atomic E-state index is 0.0262. The molecule has 12 N–H and O–H groups in total. The molecule has 0 amide bonds. The maximum atomic E-state index is 12.4. The number of carboxylic acid groups (broad SMARTS) is 1. The van der Waals surface area contributed by atoms with Gasteiger partial charge in [0.25, 0.3) is 11.9 Å². The van der Waals surface area contributed by atoms with E-state index in [0.29, 0.717) is 11.1 Å². The van der Waals surface area contributed by atoms with Gasteiger partial charge in [-0.15, -0.1) is 0 Å². The Morgan fingerprint density at radius 2 is 1.30 bits per heavy atom. The highest BCUT2D eigenvalue weighted by Gasteiger charge is 2.48. The van der Waals surface area contributed by atoms with Crippen molar-refractivity contribution in [2.75, 3.05) is 13.2 Å². The van der Waals surface area contributed by atoms with Crippen molar-refractivity contribution >= 4 is 30.1 Å². The molecular weight excluding hydrogens is 804 g/mol. The Morgan fingerprint density at radius 3 is 1.92 bits per heavy atom. The summed E-state index contributed by atoms with van der Waals surface area (Å²) in [7, 11) is 0. The van der Waals surface area contributed by atoms with E-state index >= 15 is 0 Å². The molecular formula is C39H41O21+. The third kappa shape index (κ3) is 9.98. The quantitative estimate of drug-likeness (QED) is 0.0327. The number of aliphatic carboxylic acids is 1. The number of aliphatic hydroxyl groups excluding tert-OH is 6. The summed E-state index contributed by atoms with van der Waals surface area (Å²) in [4.78, 5) is 35.0. The van der Waals surface area contributed by atoms with E-state index in [4.69, 9.17) is 33.5 Å². The molecule has 1 unspecified atom stereocenters. The minimum Gasteiger partial charge on any atom is -0.571 e. The van der Waals surface area contributed by atoms with E-state index in [1.807, 2.05) is 0 Å². The summed E-state index contributed by atoms with van der Waals surface area (Å²) in [6.07, 6.45) is -15.9. The van der Waals surface area contributed by atoms with Gasteiger partial charge in [0, 0.05) is 18.2 Å². The number of aromatic hydroxyl groups is 5. The molecule has 21 nitrogen and oxygen atoms in total. The zero-order valence-electron chi connectivity index (χ0n) is 30.9. The Kier molecular flexibility index (Phi) is 13.3. The number of hydrogen-bond donors (Lipinski definition) is 11.